The predicted octanol–water partition coefficient (Wildman–Crippen LogP) is 0.554. The van der Waals surface area contributed by atoms with Gasteiger partial charge in [0.25, 0.3) is 0 Å². The lowest BCUT2D eigenvalue weighted by atomic mass is 10.4. The lowest BCUT2D eigenvalue weighted by Crippen LogP contribution is -2.26. The van der Waals surface area contributed by atoms with Crippen LogP contribution in [0.3, 0.4) is 0 Å². The molecule has 0 N–H and O–H groups in total. The monoisotopic (exact) mass is 272 g/mol. The van der Waals surface area contributed by atoms with Gasteiger partial charge in [-0.3, -0.25) is 0 Å². The highest BCUT2D eigenvalue weighted by molar-refractivity contribution is 7.89. The highest BCUT2D eigenvalue weighted by Crippen LogP contribution is 2.06. The lowest BCUT2D eigenvalue weighted by Gasteiger charge is -2.11. The minimum absolute atomic E-state index is 0.0525. The summed E-state index contributed by atoms with van der Waals surface area (Å²) >= 11 is 0. The molecule has 101 valence electrons. The van der Waals surface area contributed by atoms with E-state index in [0.29, 0.717) is 17.8 Å². The summed E-state index contributed by atoms with van der Waals surface area (Å²) in [7, 11) is -0.137. The van der Waals surface area contributed by atoms with E-state index in [9.17, 15) is 8.42 Å². The van der Waals surface area contributed by atoms with Gasteiger partial charge >= 0.3 is 6.01 Å². The van der Waals surface area contributed by atoms with Gasteiger partial charge in [-0.25, -0.2) is 12.7 Å². The van der Waals surface area contributed by atoms with Crippen molar-refractivity contribution in [3.63, 3.8) is 0 Å². The van der Waals surface area contributed by atoms with Crippen molar-refractivity contribution in [1.82, 2.24) is 14.3 Å². The molecular formula is C11H18N3O3S. The molecule has 1 aromatic heterocycles. The SMILES string of the molecule is Cc1[c]c(C)nc(OCCCS(=O)(=O)N(C)C)n1. The van der Waals surface area contributed by atoms with Crippen molar-refractivity contribution in [3.8, 4) is 6.01 Å². The number of hydrogen-bond donors (Lipinski definition) is 0. The smallest absolute Gasteiger partial charge is 0.316 e. The van der Waals surface area contributed by atoms with Crippen LogP contribution in [0.25, 0.3) is 0 Å². The standard InChI is InChI=1S/C11H18N3O3S/c1-9-8-10(2)13-11(12-9)17-6-5-7-18(15,16)14(3)4/h5-7H2,1-4H3. The molecule has 1 aromatic rings. The van der Waals surface area contributed by atoms with Crippen LogP contribution in [0.1, 0.15) is 17.8 Å². The van der Waals surface area contributed by atoms with Crippen molar-refractivity contribution in [3.05, 3.63) is 17.5 Å². The van der Waals surface area contributed by atoms with Crippen molar-refractivity contribution < 1.29 is 13.2 Å². The van der Waals surface area contributed by atoms with Gasteiger partial charge in [-0.2, -0.15) is 9.97 Å². The van der Waals surface area contributed by atoms with Gasteiger partial charge in [0.15, 0.2) is 0 Å². The van der Waals surface area contributed by atoms with Crippen LogP contribution in [0.2, 0.25) is 0 Å². The summed E-state index contributed by atoms with van der Waals surface area (Å²) in [4.78, 5) is 8.11. The Bertz CT molecular complexity index is 480. The Morgan fingerprint density at radius 3 is 2.28 bits per heavy atom. The van der Waals surface area contributed by atoms with Gasteiger partial charge in [0.2, 0.25) is 10.0 Å². The first kappa shape index (κ1) is 14.8. The summed E-state index contributed by atoms with van der Waals surface area (Å²) in [5, 5.41) is 0. The maximum Gasteiger partial charge on any atom is 0.316 e. The van der Waals surface area contributed by atoms with E-state index in [2.05, 4.69) is 16.0 Å². The molecule has 0 saturated carbocycles. The third kappa shape index (κ3) is 4.58. The highest BCUT2D eigenvalue weighted by atomic mass is 32.2. The molecule has 18 heavy (non-hydrogen) atoms. The van der Waals surface area contributed by atoms with Gasteiger partial charge in [-0.05, 0) is 20.3 Å². The minimum atomic E-state index is -3.16. The van der Waals surface area contributed by atoms with Crippen molar-refractivity contribution in [2.75, 3.05) is 26.5 Å². The summed E-state index contributed by atoms with van der Waals surface area (Å²) in [5.41, 5.74) is 1.41. The fourth-order valence-electron chi connectivity index (χ4n) is 1.28. The summed E-state index contributed by atoms with van der Waals surface area (Å²) < 4.78 is 29.5. The van der Waals surface area contributed by atoms with Crippen molar-refractivity contribution in [1.29, 1.82) is 0 Å². The zero-order valence-electron chi connectivity index (χ0n) is 11.1. The number of ether oxygens (including phenoxy) is 1. The molecule has 0 saturated heterocycles. The topological polar surface area (TPSA) is 72.4 Å². The molecule has 0 bridgehead atoms. The van der Waals surface area contributed by atoms with Gasteiger partial charge in [-0.1, -0.05) is 0 Å². The number of rotatable bonds is 6. The molecule has 1 radical (unpaired) electrons. The molecule has 1 heterocycles. The first-order valence-corrected chi connectivity index (χ1v) is 7.20. The van der Waals surface area contributed by atoms with E-state index in [1.165, 1.54) is 18.4 Å². The van der Waals surface area contributed by atoms with Crippen LogP contribution in [0, 0.1) is 19.9 Å². The average molecular weight is 272 g/mol. The summed E-state index contributed by atoms with van der Waals surface area (Å²) in [6, 6.07) is 3.20. The first-order chi connectivity index (χ1) is 8.31. The van der Waals surface area contributed by atoms with Gasteiger partial charge in [0.05, 0.1) is 23.7 Å². The zero-order chi connectivity index (χ0) is 13.8. The van der Waals surface area contributed by atoms with Crippen LogP contribution < -0.4 is 4.74 Å². The Morgan fingerprint density at radius 1 is 1.22 bits per heavy atom. The number of sulfonamides is 1. The van der Waals surface area contributed by atoms with Crippen LogP contribution in [-0.2, 0) is 10.0 Å². The second kappa shape index (κ2) is 6.10. The highest BCUT2D eigenvalue weighted by Gasteiger charge is 2.13. The summed E-state index contributed by atoms with van der Waals surface area (Å²) in [6.45, 7) is 3.88. The van der Waals surface area contributed by atoms with Crippen LogP contribution in [0.4, 0.5) is 0 Å². The molecular weight excluding hydrogens is 254 g/mol. The molecule has 0 amide bonds. The molecule has 0 aliphatic heterocycles. The second-order valence-corrected chi connectivity index (χ2v) is 6.40. The third-order valence-electron chi connectivity index (χ3n) is 2.22. The van der Waals surface area contributed by atoms with Gasteiger partial charge in [0.1, 0.15) is 0 Å². The Hall–Kier alpha value is -1.21. The van der Waals surface area contributed by atoms with Crippen LogP contribution in [0.15, 0.2) is 0 Å². The number of aryl methyl sites for hydroxylation is 2. The van der Waals surface area contributed by atoms with Gasteiger partial charge in [0, 0.05) is 20.2 Å². The van der Waals surface area contributed by atoms with Crippen LogP contribution >= 0.6 is 0 Å². The van der Waals surface area contributed by atoms with E-state index in [1.807, 2.05) is 0 Å². The van der Waals surface area contributed by atoms with Gasteiger partial charge < -0.3 is 4.74 Å². The summed E-state index contributed by atoms with van der Waals surface area (Å²) in [5.74, 6) is 0.0525. The van der Waals surface area contributed by atoms with E-state index in [-0.39, 0.29) is 18.4 Å². The van der Waals surface area contributed by atoms with Crippen molar-refractivity contribution in [2.24, 2.45) is 0 Å². The fourth-order valence-corrected chi connectivity index (χ4v) is 2.13. The molecule has 0 aliphatic rings. The molecule has 0 fully saturated rings. The Balaban J connectivity index is 2.43. The van der Waals surface area contributed by atoms with Crippen molar-refractivity contribution in [2.45, 2.75) is 20.3 Å². The largest absolute Gasteiger partial charge is 0.463 e. The zero-order valence-corrected chi connectivity index (χ0v) is 11.9. The molecule has 6 nitrogen and oxygen atoms in total. The number of nitrogens with zero attached hydrogens (tertiary/aromatic N) is 3. The molecule has 0 atom stereocenters. The van der Waals surface area contributed by atoms with E-state index in [1.54, 1.807) is 13.8 Å². The molecule has 0 aliphatic carbocycles. The maximum absolute atomic E-state index is 11.5. The maximum atomic E-state index is 11.5. The Labute approximate surface area is 108 Å². The number of aromatic nitrogens is 2. The molecule has 1 rings (SSSR count). The second-order valence-electron chi connectivity index (χ2n) is 4.10. The third-order valence-corrected chi connectivity index (χ3v) is 4.14. The Morgan fingerprint density at radius 2 is 1.78 bits per heavy atom. The molecule has 0 unspecified atom stereocenters. The predicted molar refractivity (Wildman–Crippen MR) is 67.9 cm³/mol. The normalized spacial score (nSPS) is 11.8. The first-order valence-electron chi connectivity index (χ1n) is 5.59. The van der Waals surface area contributed by atoms with E-state index in [4.69, 9.17) is 4.74 Å². The fraction of sp³-hybridized carbons (Fsp3) is 0.636. The van der Waals surface area contributed by atoms with Crippen LogP contribution in [-0.4, -0.2) is 49.1 Å². The van der Waals surface area contributed by atoms with Crippen molar-refractivity contribution >= 4 is 10.0 Å². The number of hydrogen-bond acceptors (Lipinski definition) is 5. The van der Waals surface area contributed by atoms with Crippen LogP contribution in [0.5, 0.6) is 6.01 Å². The molecule has 7 heteroatoms. The Kier molecular flexibility index (Phi) is 5.03. The molecule has 0 aromatic carbocycles. The minimum Gasteiger partial charge on any atom is -0.463 e. The lowest BCUT2D eigenvalue weighted by molar-refractivity contribution is 0.290. The molecule has 0 spiro atoms. The van der Waals surface area contributed by atoms with E-state index in [0.717, 1.165) is 0 Å². The quantitative estimate of drug-likeness (QED) is 0.707. The average Bonchev–Trinajstić information content (AvgIpc) is 2.23. The van der Waals surface area contributed by atoms with Gasteiger partial charge in [-0.15, -0.1) is 0 Å². The van der Waals surface area contributed by atoms with E-state index < -0.39 is 10.0 Å². The summed E-state index contributed by atoms with van der Waals surface area (Å²) in [6.07, 6.45) is 0.403. The van der Waals surface area contributed by atoms with E-state index >= 15 is 0 Å².